The summed E-state index contributed by atoms with van der Waals surface area (Å²) in [5.74, 6) is -0.573. The topological polar surface area (TPSA) is 46.5 Å². The predicted octanol–water partition coefficient (Wildman–Crippen LogP) is 7.22. The van der Waals surface area contributed by atoms with Crippen LogP contribution in [0.2, 0.25) is 0 Å². The zero-order valence-corrected chi connectivity index (χ0v) is 23.7. The van der Waals surface area contributed by atoms with Crippen LogP contribution in [-0.2, 0) is 22.7 Å². The van der Waals surface area contributed by atoms with Crippen molar-refractivity contribution >= 4 is 21.1 Å². The summed E-state index contributed by atoms with van der Waals surface area (Å²) in [5, 5.41) is 4.86. The highest BCUT2D eigenvalue weighted by Gasteiger charge is 2.57. The summed E-state index contributed by atoms with van der Waals surface area (Å²) < 4.78 is 83.4. The van der Waals surface area contributed by atoms with Gasteiger partial charge in [0.15, 0.2) is 9.84 Å². The first-order valence-corrected chi connectivity index (χ1v) is 15.3. The molecule has 0 aromatic heterocycles. The lowest BCUT2D eigenvalue weighted by Gasteiger charge is -2.32. The van der Waals surface area contributed by atoms with Crippen LogP contribution < -0.4 is 0 Å². The molecule has 0 unspecified atom stereocenters. The maximum absolute atomic E-state index is 15.3. The lowest BCUT2D eigenvalue weighted by molar-refractivity contribution is -0.903. The van der Waals surface area contributed by atoms with Gasteiger partial charge in [-0.15, -0.1) is 0 Å². The Morgan fingerprint density at radius 3 is 1.62 bits per heavy atom. The number of halogens is 4. The van der Waals surface area contributed by atoms with Crippen molar-refractivity contribution in [2.24, 2.45) is 5.10 Å². The summed E-state index contributed by atoms with van der Waals surface area (Å²) in [6.45, 7) is 0.0582. The molecule has 4 nitrogen and oxygen atoms in total. The molecule has 5 rings (SSSR count). The highest BCUT2D eigenvalue weighted by Crippen LogP contribution is 2.46. The molecule has 0 fully saturated rings. The maximum atomic E-state index is 15.3. The summed E-state index contributed by atoms with van der Waals surface area (Å²) >= 11 is 0. The normalized spacial score (nSPS) is 15.1. The second-order valence-electron chi connectivity index (χ2n) is 10.3. The van der Waals surface area contributed by atoms with Crippen LogP contribution in [0.3, 0.4) is 0 Å². The van der Waals surface area contributed by atoms with Gasteiger partial charge in [0.05, 0.1) is 10.5 Å². The molecule has 1 heterocycles. The average Bonchev–Trinajstić information content (AvgIpc) is 3.32. The van der Waals surface area contributed by atoms with Crippen molar-refractivity contribution < 1.29 is 30.6 Å². The Kier molecular flexibility index (Phi) is 8.17. The molecule has 0 atom stereocenters. The first-order valence-electron chi connectivity index (χ1n) is 13.4. The predicted molar refractivity (Wildman–Crippen MR) is 156 cm³/mol. The van der Waals surface area contributed by atoms with Crippen LogP contribution >= 0.6 is 0 Å². The van der Waals surface area contributed by atoms with E-state index in [-0.39, 0.29) is 34.8 Å². The Morgan fingerprint density at radius 2 is 1.17 bits per heavy atom. The SMILES string of the molecule is CS(=O)(=O)c1ccc(C2=N[N+](CCc3ccccc3)(CCc3ccccc3)C(C(F)(F)F)=C2c2ccc(F)cc2)cc1. The summed E-state index contributed by atoms with van der Waals surface area (Å²) in [5.41, 5.74) is 1.37. The molecule has 0 bridgehead atoms. The molecule has 0 amide bonds. The molecule has 42 heavy (non-hydrogen) atoms. The summed E-state index contributed by atoms with van der Waals surface area (Å²) in [6, 6.07) is 29.1. The van der Waals surface area contributed by atoms with Gasteiger partial charge < -0.3 is 0 Å². The number of sulfone groups is 1. The molecule has 4 aromatic carbocycles. The molecule has 1 aliphatic heterocycles. The van der Waals surface area contributed by atoms with Crippen LogP contribution in [0.1, 0.15) is 22.3 Å². The molecule has 0 N–H and O–H groups in total. The van der Waals surface area contributed by atoms with E-state index in [0.29, 0.717) is 18.4 Å². The number of quaternary nitrogens is 1. The van der Waals surface area contributed by atoms with E-state index < -0.39 is 32.1 Å². The molecule has 0 aliphatic carbocycles. The fourth-order valence-electron chi connectivity index (χ4n) is 5.29. The smallest absolute Gasteiger partial charge is 0.224 e. The van der Waals surface area contributed by atoms with Crippen molar-refractivity contribution in [3.63, 3.8) is 0 Å². The van der Waals surface area contributed by atoms with Gasteiger partial charge in [0, 0.05) is 24.7 Å². The maximum Gasteiger partial charge on any atom is 0.470 e. The van der Waals surface area contributed by atoms with Crippen LogP contribution in [-0.4, -0.2) is 44.2 Å². The van der Waals surface area contributed by atoms with E-state index in [9.17, 15) is 12.8 Å². The van der Waals surface area contributed by atoms with Crippen LogP contribution in [0.4, 0.5) is 17.6 Å². The number of benzene rings is 4. The van der Waals surface area contributed by atoms with Gasteiger partial charge in [-0.3, -0.25) is 0 Å². The number of hydrogen-bond donors (Lipinski definition) is 0. The third-order valence-electron chi connectivity index (χ3n) is 7.37. The molecule has 0 radical (unpaired) electrons. The van der Waals surface area contributed by atoms with E-state index >= 15 is 13.2 Å². The van der Waals surface area contributed by atoms with Gasteiger partial charge in [0.2, 0.25) is 0 Å². The highest BCUT2D eigenvalue weighted by atomic mass is 32.2. The molecule has 4 aromatic rings. The number of allylic oxidation sites excluding steroid dienone is 2. The van der Waals surface area contributed by atoms with E-state index in [1.807, 2.05) is 60.7 Å². The van der Waals surface area contributed by atoms with Gasteiger partial charge in [0.1, 0.15) is 24.6 Å². The Balaban J connectivity index is 1.73. The van der Waals surface area contributed by atoms with Gasteiger partial charge in [-0.2, -0.15) is 17.8 Å². The second kappa shape index (κ2) is 11.7. The molecular weight excluding hydrogens is 564 g/mol. The summed E-state index contributed by atoms with van der Waals surface area (Å²) in [6.07, 6.45) is -3.06. The molecule has 0 saturated carbocycles. The first-order chi connectivity index (χ1) is 20.0. The Hall–Kier alpha value is -4.08. The van der Waals surface area contributed by atoms with Crippen LogP contribution in [0.25, 0.3) is 5.57 Å². The zero-order valence-electron chi connectivity index (χ0n) is 22.9. The minimum Gasteiger partial charge on any atom is -0.224 e. The number of hydrogen-bond acceptors (Lipinski definition) is 3. The Morgan fingerprint density at radius 1 is 0.690 bits per heavy atom. The van der Waals surface area contributed by atoms with Crippen LogP contribution in [0.5, 0.6) is 0 Å². The Labute approximate surface area is 242 Å². The molecule has 9 heteroatoms. The van der Waals surface area contributed by atoms with Gasteiger partial charge in [-0.25, -0.2) is 12.8 Å². The lowest BCUT2D eigenvalue weighted by Crippen LogP contribution is -2.48. The molecule has 216 valence electrons. The third-order valence-corrected chi connectivity index (χ3v) is 8.49. The fraction of sp³-hybridized carbons (Fsp3) is 0.182. The van der Waals surface area contributed by atoms with Crippen molar-refractivity contribution in [1.29, 1.82) is 0 Å². The van der Waals surface area contributed by atoms with Gasteiger partial charge >= 0.3 is 6.18 Å². The number of alkyl halides is 3. The van der Waals surface area contributed by atoms with Crippen molar-refractivity contribution in [3.05, 3.63) is 143 Å². The second-order valence-corrected chi connectivity index (χ2v) is 12.3. The van der Waals surface area contributed by atoms with Gasteiger partial charge in [-0.1, -0.05) is 90.0 Å². The van der Waals surface area contributed by atoms with Crippen molar-refractivity contribution in [1.82, 2.24) is 0 Å². The lowest BCUT2D eigenvalue weighted by atomic mass is 9.94. The minimum absolute atomic E-state index is 0.0291. The monoisotopic (exact) mass is 593 g/mol. The van der Waals surface area contributed by atoms with E-state index in [2.05, 4.69) is 0 Å². The van der Waals surface area contributed by atoms with E-state index in [1.165, 1.54) is 36.4 Å². The average molecular weight is 594 g/mol. The minimum atomic E-state index is -4.78. The van der Waals surface area contributed by atoms with Crippen LogP contribution in [0, 0.1) is 5.82 Å². The van der Waals surface area contributed by atoms with E-state index in [0.717, 1.165) is 29.5 Å². The standard InChI is InChI=1S/C33H29F4N2O2S/c1-42(40,41)29-18-14-27(15-19-29)31-30(26-12-16-28(34)17-13-26)32(33(35,36)37)39(38-31,22-20-24-8-4-2-5-9-24)23-21-25-10-6-3-7-11-25/h2-19H,20-23H2,1H3/q+1. The van der Waals surface area contributed by atoms with Crippen LogP contribution in [0.15, 0.2) is 125 Å². The Bertz CT molecular complexity index is 1670. The highest BCUT2D eigenvalue weighted by molar-refractivity contribution is 7.90. The molecule has 0 spiro atoms. The molecule has 0 saturated heterocycles. The van der Waals surface area contributed by atoms with Crippen molar-refractivity contribution in [2.75, 3.05) is 19.3 Å². The van der Waals surface area contributed by atoms with Crippen molar-refractivity contribution in [2.45, 2.75) is 23.9 Å². The first kappa shape index (κ1) is 29.4. The quantitative estimate of drug-likeness (QED) is 0.152. The number of nitrogens with zero attached hydrogens (tertiary/aromatic N) is 2. The zero-order chi connectivity index (χ0) is 30.0. The molecular formula is C33H29F4N2O2S+. The van der Waals surface area contributed by atoms with Gasteiger partial charge in [-0.05, 0) is 41.0 Å². The summed E-state index contributed by atoms with van der Waals surface area (Å²) in [7, 11) is -3.53. The van der Waals surface area contributed by atoms with E-state index in [4.69, 9.17) is 5.10 Å². The van der Waals surface area contributed by atoms with Crippen molar-refractivity contribution in [3.8, 4) is 0 Å². The largest absolute Gasteiger partial charge is 0.470 e. The third kappa shape index (κ3) is 6.37. The summed E-state index contributed by atoms with van der Waals surface area (Å²) in [4.78, 5) is 0.0436. The number of rotatable bonds is 9. The van der Waals surface area contributed by atoms with Gasteiger partial charge in [0.25, 0.3) is 5.70 Å². The van der Waals surface area contributed by atoms with E-state index in [1.54, 1.807) is 0 Å². The fourth-order valence-corrected chi connectivity index (χ4v) is 5.92. The molecule has 1 aliphatic rings.